The number of rotatable bonds is 7. The molecule has 106 valence electrons. The second-order valence-electron chi connectivity index (χ2n) is 4.08. The van der Waals surface area contributed by atoms with E-state index >= 15 is 0 Å². The highest BCUT2D eigenvalue weighted by Gasteiger charge is 2.10. The van der Waals surface area contributed by atoms with Crippen LogP contribution in [-0.2, 0) is 16.0 Å². The van der Waals surface area contributed by atoms with Gasteiger partial charge in [0.15, 0.2) is 5.16 Å². The number of carbonyl (C=O) groups is 1. The Balaban J connectivity index is 2.55. The van der Waals surface area contributed by atoms with Gasteiger partial charge in [-0.25, -0.2) is 0 Å². The minimum Gasteiger partial charge on any atom is -0.463 e. The Bertz CT molecular complexity index is 475. The van der Waals surface area contributed by atoms with Crippen molar-refractivity contribution in [2.24, 2.45) is 5.73 Å². The zero-order chi connectivity index (χ0) is 14.3. The van der Waals surface area contributed by atoms with Gasteiger partial charge in [0.05, 0.1) is 12.5 Å². The number of aromatic amines is 1. The molecule has 0 unspecified atom stereocenters. The fraction of sp³-hybridized carbons (Fsp3) is 0.636. The molecule has 0 radical (unpaired) electrons. The third kappa shape index (κ3) is 5.84. The molecule has 0 fully saturated rings. The van der Waals surface area contributed by atoms with Crippen LogP contribution in [-0.4, -0.2) is 39.6 Å². The predicted molar refractivity (Wildman–Crippen MR) is 72.0 cm³/mol. The van der Waals surface area contributed by atoms with Crippen LogP contribution in [0, 0.1) is 0 Å². The minimum atomic E-state index is -0.349. The maximum atomic E-state index is 11.7. The molecule has 0 bridgehead atoms. The van der Waals surface area contributed by atoms with E-state index in [1.54, 1.807) is 13.8 Å². The molecule has 0 spiro atoms. The summed E-state index contributed by atoms with van der Waals surface area (Å²) in [7, 11) is 0. The Hall–Kier alpha value is -1.41. The summed E-state index contributed by atoms with van der Waals surface area (Å²) < 4.78 is 4.97. The summed E-state index contributed by atoms with van der Waals surface area (Å²) in [5, 5.41) is 8.12. The number of hydrogen-bond acceptors (Lipinski definition) is 7. The fourth-order valence-electron chi connectivity index (χ4n) is 1.27. The fourth-order valence-corrected chi connectivity index (χ4v) is 1.85. The molecule has 0 aromatic carbocycles. The number of ether oxygens (including phenoxy) is 1. The lowest BCUT2D eigenvalue weighted by Gasteiger charge is -2.06. The quantitative estimate of drug-likeness (QED) is 0.540. The average Bonchev–Trinajstić information content (AvgIpc) is 2.34. The number of aryl methyl sites for hydroxylation is 1. The van der Waals surface area contributed by atoms with Gasteiger partial charge in [-0.2, -0.15) is 0 Å². The van der Waals surface area contributed by atoms with E-state index in [1.807, 2.05) is 0 Å². The molecular formula is C11H18N4O3S. The maximum Gasteiger partial charge on any atom is 0.306 e. The van der Waals surface area contributed by atoms with Crippen molar-refractivity contribution in [2.45, 2.75) is 37.9 Å². The summed E-state index contributed by atoms with van der Waals surface area (Å²) in [6.07, 6.45) is 0.174. The monoisotopic (exact) mass is 286 g/mol. The van der Waals surface area contributed by atoms with Gasteiger partial charge in [-0.15, -0.1) is 10.2 Å². The molecule has 0 atom stereocenters. The first-order valence-electron chi connectivity index (χ1n) is 6.01. The molecule has 7 nitrogen and oxygen atoms in total. The molecule has 0 aliphatic heterocycles. The summed E-state index contributed by atoms with van der Waals surface area (Å²) in [6.45, 7) is 4.04. The largest absolute Gasteiger partial charge is 0.463 e. The van der Waals surface area contributed by atoms with Gasteiger partial charge in [0.1, 0.15) is 5.69 Å². The third-order valence-corrected chi connectivity index (χ3v) is 2.93. The Labute approximate surface area is 115 Å². The van der Waals surface area contributed by atoms with Gasteiger partial charge < -0.3 is 10.5 Å². The zero-order valence-electron chi connectivity index (χ0n) is 11.0. The molecule has 0 saturated heterocycles. The number of esters is 1. The number of aromatic nitrogens is 3. The van der Waals surface area contributed by atoms with Crippen molar-refractivity contribution >= 4 is 17.7 Å². The first-order chi connectivity index (χ1) is 9.02. The summed E-state index contributed by atoms with van der Waals surface area (Å²) in [5.74, 6) is 0.308. The van der Waals surface area contributed by atoms with Crippen LogP contribution in [0.4, 0.5) is 0 Å². The topological polar surface area (TPSA) is 111 Å². The maximum absolute atomic E-state index is 11.7. The van der Waals surface area contributed by atoms with E-state index in [2.05, 4.69) is 15.2 Å². The average molecular weight is 286 g/mol. The van der Waals surface area contributed by atoms with Crippen LogP contribution < -0.4 is 11.3 Å². The van der Waals surface area contributed by atoms with Crippen molar-refractivity contribution < 1.29 is 9.53 Å². The van der Waals surface area contributed by atoms with Gasteiger partial charge in [0.25, 0.3) is 5.56 Å². The van der Waals surface area contributed by atoms with Crippen molar-refractivity contribution in [1.29, 1.82) is 0 Å². The molecule has 1 rings (SSSR count). The third-order valence-electron chi connectivity index (χ3n) is 2.03. The number of nitrogens with one attached hydrogen (secondary N) is 1. The number of nitrogens with zero attached hydrogens (tertiary/aromatic N) is 2. The van der Waals surface area contributed by atoms with E-state index in [0.29, 0.717) is 17.5 Å². The molecule has 3 N–H and O–H groups in total. The zero-order valence-corrected chi connectivity index (χ0v) is 11.8. The Morgan fingerprint density at radius 1 is 1.47 bits per heavy atom. The minimum absolute atomic E-state index is 0.116. The molecule has 8 heteroatoms. The van der Waals surface area contributed by atoms with E-state index in [1.165, 1.54) is 11.8 Å². The number of nitrogens with two attached hydrogens (primary N) is 1. The van der Waals surface area contributed by atoms with E-state index < -0.39 is 0 Å². The summed E-state index contributed by atoms with van der Waals surface area (Å²) in [6, 6.07) is 0. The summed E-state index contributed by atoms with van der Waals surface area (Å²) in [4.78, 5) is 25.6. The lowest BCUT2D eigenvalue weighted by Crippen LogP contribution is -2.20. The molecule has 0 saturated carbocycles. The van der Waals surface area contributed by atoms with Crippen LogP contribution in [0.5, 0.6) is 0 Å². The van der Waals surface area contributed by atoms with Crippen molar-refractivity contribution in [1.82, 2.24) is 15.2 Å². The smallest absolute Gasteiger partial charge is 0.306 e. The second kappa shape index (κ2) is 7.90. The van der Waals surface area contributed by atoms with Crippen molar-refractivity contribution in [2.75, 3.05) is 12.3 Å². The molecule has 19 heavy (non-hydrogen) atoms. The molecular weight excluding hydrogens is 268 g/mol. The standard InChI is InChI=1S/C11H18N4O3S/c1-7(2)18-9(16)4-3-8-10(17)13-11(15-14-8)19-6-5-12/h7H,3-6,12H2,1-2H3,(H,13,15,17). The lowest BCUT2D eigenvalue weighted by atomic mass is 10.2. The molecule has 0 aliphatic rings. The van der Waals surface area contributed by atoms with Gasteiger partial charge in [0, 0.05) is 18.7 Å². The second-order valence-corrected chi connectivity index (χ2v) is 5.17. The van der Waals surface area contributed by atoms with E-state index in [4.69, 9.17) is 10.5 Å². The predicted octanol–water partition coefficient (Wildman–Crippen LogP) is 0.0999. The Kier molecular flexibility index (Phi) is 6.51. The highest BCUT2D eigenvalue weighted by Crippen LogP contribution is 2.08. The first-order valence-corrected chi connectivity index (χ1v) is 6.99. The molecule has 0 amide bonds. The number of hydrogen-bond donors (Lipinski definition) is 2. The van der Waals surface area contributed by atoms with Crippen LogP contribution in [0.1, 0.15) is 26.0 Å². The van der Waals surface area contributed by atoms with E-state index in [9.17, 15) is 9.59 Å². The Morgan fingerprint density at radius 3 is 2.79 bits per heavy atom. The van der Waals surface area contributed by atoms with Gasteiger partial charge in [0.2, 0.25) is 0 Å². The van der Waals surface area contributed by atoms with Crippen molar-refractivity contribution in [3.63, 3.8) is 0 Å². The van der Waals surface area contributed by atoms with Crippen molar-refractivity contribution in [3.05, 3.63) is 16.0 Å². The Morgan fingerprint density at radius 2 is 2.21 bits per heavy atom. The van der Waals surface area contributed by atoms with E-state index in [0.717, 1.165) is 0 Å². The highest BCUT2D eigenvalue weighted by atomic mass is 32.2. The van der Waals surface area contributed by atoms with Gasteiger partial charge in [-0.1, -0.05) is 11.8 Å². The summed E-state index contributed by atoms with van der Waals surface area (Å²) >= 11 is 1.33. The SMILES string of the molecule is CC(C)OC(=O)CCc1nnc(SCCN)[nH]c1=O. The lowest BCUT2D eigenvalue weighted by molar-refractivity contribution is -0.147. The first kappa shape index (κ1) is 15.6. The van der Waals surface area contributed by atoms with E-state index in [-0.39, 0.29) is 36.2 Å². The van der Waals surface area contributed by atoms with Gasteiger partial charge >= 0.3 is 5.97 Å². The van der Waals surface area contributed by atoms with Crippen LogP contribution in [0.3, 0.4) is 0 Å². The number of thioether (sulfide) groups is 1. The number of carbonyl (C=O) groups excluding carboxylic acids is 1. The van der Waals surface area contributed by atoms with Crippen LogP contribution in [0.2, 0.25) is 0 Å². The molecule has 1 aromatic rings. The highest BCUT2D eigenvalue weighted by molar-refractivity contribution is 7.99. The van der Waals surface area contributed by atoms with Crippen molar-refractivity contribution in [3.8, 4) is 0 Å². The molecule has 0 aliphatic carbocycles. The van der Waals surface area contributed by atoms with Crippen LogP contribution in [0.15, 0.2) is 9.95 Å². The molecule has 1 heterocycles. The summed E-state index contributed by atoms with van der Waals surface area (Å²) in [5.41, 5.74) is 5.26. The van der Waals surface area contributed by atoms with Crippen LogP contribution >= 0.6 is 11.8 Å². The van der Waals surface area contributed by atoms with Gasteiger partial charge in [-0.05, 0) is 13.8 Å². The van der Waals surface area contributed by atoms with Crippen LogP contribution in [0.25, 0.3) is 0 Å². The number of H-pyrrole nitrogens is 1. The molecule has 1 aromatic heterocycles. The normalized spacial score (nSPS) is 10.7. The van der Waals surface area contributed by atoms with Gasteiger partial charge in [-0.3, -0.25) is 14.6 Å².